The largest absolute Gasteiger partial charge is 0.299 e. The minimum Gasteiger partial charge on any atom is -0.299 e. The molecule has 0 aromatic rings. The van der Waals surface area contributed by atoms with E-state index in [-0.39, 0.29) is 5.41 Å². The van der Waals surface area contributed by atoms with E-state index in [9.17, 15) is 4.79 Å². The SMILES string of the molecule is C[C@H]1CC[C@@]23CCC[C@@]12CC(=O)C3(C)C. The molecule has 0 aromatic heterocycles. The summed E-state index contributed by atoms with van der Waals surface area (Å²) in [6.07, 6.45) is 7.56. The van der Waals surface area contributed by atoms with Crippen LogP contribution in [0.5, 0.6) is 0 Å². The number of hydrogen-bond donors (Lipinski definition) is 0. The predicted molar refractivity (Wildman–Crippen MR) is 60.5 cm³/mol. The summed E-state index contributed by atoms with van der Waals surface area (Å²) in [5.74, 6) is 1.33. The normalized spacial score (nSPS) is 51.9. The molecule has 0 unspecified atom stereocenters. The van der Waals surface area contributed by atoms with E-state index in [1.807, 2.05) is 0 Å². The molecule has 3 aliphatic carbocycles. The number of Topliss-reactive ketones (excluding diaryl/α,β-unsaturated/α-hetero) is 1. The summed E-state index contributed by atoms with van der Waals surface area (Å²) in [6.45, 7) is 6.84. The lowest BCUT2D eigenvalue weighted by Crippen LogP contribution is -2.40. The summed E-state index contributed by atoms with van der Waals surface area (Å²) in [7, 11) is 0. The lowest BCUT2D eigenvalue weighted by molar-refractivity contribution is -0.128. The van der Waals surface area contributed by atoms with Gasteiger partial charge in [0, 0.05) is 11.8 Å². The average molecular weight is 206 g/mol. The molecule has 3 fully saturated rings. The van der Waals surface area contributed by atoms with Gasteiger partial charge < -0.3 is 0 Å². The Bertz CT molecular complexity index is 330. The van der Waals surface area contributed by atoms with Gasteiger partial charge in [0.2, 0.25) is 0 Å². The van der Waals surface area contributed by atoms with E-state index in [0.717, 1.165) is 12.3 Å². The van der Waals surface area contributed by atoms with E-state index < -0.39 is 0 Å². The summed E-state index contributed by atoms with van der Waals surface area (Å²) in [5.41, 5.74) is 0.762. The van der Waals surface area contributed by atoms with Gasteiger partial charge in [-0.3, -0.25) is 4.79 Å². The van der Waals surface area contributed by atoms with E-state index in [0.29, 0.717) is 16.6 Å². The molecule has 0 radical (unpaired) electrons. The second-order valence-electron chi connectivity index (χ2n) is 6.76. The molecule has 1 nitrogen and oxygen atoms in total. The van der Waals surface area contributed by atoms with Gasteiger partial charge in [-0.05, 0) is 42.4 Å². The summed E-state index contributed by atoms with van der Waals surface area (Å²) in [5, 5.41) is 0. The van der Waals surface area contributed by atoms with Crippen molar-refractivity contribution in [2.75, 3.05) is 0 Å². The number of rotatable bonds is 0. The first-order valence-corrected chi connectivity index (χ1v) is 6.50. The van der Waals surface area contributed by atoms with Crippen molar-refractivity contribution in [3.8, 4) is 0 Å². The molecule has 0 saturated heterocycles. The van der Waals surface area contributed by atoms with Gasteiger partial charge in [-0.15, -0.1) is 0 Å². The van der Waals surface area contributed by atoms with Crippen LogP contribution in [0.2, 0.25) is 0 Å². The molecule has 3 atom stereocenters. The zero-order valence-electron chi connectivity index (χ0n) is 10.2. The maximum Gasteiger partial charge on any atom is 0.139 e. The molecule has 1 heteroatoms. The van der Waals surface area contributed by atoms with Gasteiger partial charge in [-0.2, -0.15) is 0 Å². The van der Waals surface area contributed by atoms with Crippen LogP contribution in [0.1, 0.15) is 59.3 Å². The van der Waals surface area contributed by atoms with E-state index in [2.05, 4.69) is 20.8 Å². The van der Waals surface area contributed by atoms with Crippen molar-refractivity contribution in [1.82, 2.24) is 0 Å². The predicted octanol–water partition coefficient (Wildman–Crippen LogP) is 3.57. The first kappa shape index (κ1) is 9.86. The molecule has 0 amide bonds. The molecule has 15 heavy (non-hydrogen) atoms. The Morgan fingerprint density at radius 2 is 1.93 bits per heavy atom. The summed E-state index contributed by atoms with van der Waals surface area (Å²) >= 11 is 0. The van der Waals surface area contributed by atoms with Gasteiger partial charge in [0.25, 0.3) is 0 Å². The van der Waals surface area contributed by atoms with Crippen LogP contribution in [0.3, 0.4) is 0 Å². The van der Waals surface area contributed by atoms with Crippen molar-refractivity contribution in [1.29, 1.82) is 0 Å². The fourth-order valence-electron chi connectivity index (χ4n) is 5.48. The minimum absolute atomic E-state index is 0.0335. The molecule has 0 aliphatic heterocycles. The quantitative estimate of drug-likeness (QED) is 0.592. The Kier molecular flexibility index (Phi) is 1.64. The Balaban J connectivity index is 2.19. The topological polar surface area (TPSA) is 17.1 Å². The highest BCUT2D eigenvalue weighted by Gasteiger charge is 2.72. The highest BCUT2D eigenvalue weighted by molar-refractivity contribution is 5.89. The number of hydrogen-bond acceptors (Lipinski definition) is 1. The third-order valence-electron chi connectivity index (χ3n) is 6.50. The molecule has 0 N–H and O–H groups in total. The molecule has 0 spiro atoms. The van der Waals surface area contributed by atoms with Gasteiger partial charge in [0.1, 0.15) is 5.78 Å². The number of ketones is 1. The standard InChI is InChI=1S/C14H22O/c1-10-5-8-14-7-4-6-13(10,14)9-11(15)12(14,2)3/h10H,4-9H2,1-3H3/t10-,13+,14+/m0/s1. The Hall–Kier alpha value is -0.330. The minimum atomic E-state index is -0.0335. The monoisotopic (exact) mass is 206 g/mol. The Labute approximate surface area is 92.6 Å². The molecule has 84 valence electrons. The lowest BCUT2D eigenvalue weighted by Gasteiger charge is -2.43. The summed E-state index contributed by atoms with van der Waals surface area (Å²) in [4.78, 5) is 12.3. The summed E-state index contributed by atoms with van der Waals surface area (Å²) < 4.78 is 0. The van der Waals surface area contributed by atoms with Crippen LogP contribution in [0, 0.1) is 22.2 Å². The van der Waals surface area contributed by atoms with E-state index >= 15 is 0 Å². The maximum atomic E-state index is 12.3. The highest BCUT2D eigenvalue weighted by atomic mass is 16.1. The van der Waals surface area contributed by atoms with Crippen LogP contribution in [0.15, 0.2) is 0 Å². The molecule has 3 saturated carbocycles. The van der Waals surface area contributed by atoms with E-state index in [4.69, 9.17) is 0 Å². The van der Waals surface area contributed by atoms with Gasteiger partial charge in [-0.1, -0.05) is 27.2 Å². The van der Waals surface area contributed by atoms with E-state index in [1.165, 1.54) is 32.1 Å². The van der Waals surface area contributed by atoms with Gasteiger partial charge in [0.15, 0.2) is 0 Å². The van der Waals surface area contributed by atoms with Crippen LogP contribution in [0.4, 0.5) is 0 Å². The zero-order chi connectivity index (χ0) is 10.9. The molecular formula is C14H22O. The van der Waals surface area contributed by atoms with E-state index in [1.54, 1.807) is 0 Å². The molecule has 0 aromatic carbocycles. The summed E-state index contributed by atoms with van der Waals surface area (Å²) in [6, 6.07) is 0. The van der Waals surface area contributed by atoms with Crippen LogP contribution in [-0.2, 0) is 4.79 Å². The van der Waals surface area contributed by atoms with Crippen molar-refractivity contribution >= 4 is 5.78 Å². The molecule has 3 aliphatic rings. The molecular weight excluding hydrogens is 184 g/mol. The third kappa shape index (κ3) is 0.786. The Morgan fingerprint density at radius 3 is 2.60 bits per heavy atom. The van der Waals surface area contributed by atoms with Crippen molar-refractivity contribution in [3.05, 3.63) is 0 Å². The first-order valence-electron chi connectivity index (χ1n) is 6.50. The average Bonchev–Trinajstić information content (AvgIpc) is 2.69. The fraction of sp³-hybridized carbons (Fsp3) is 0.929. The van der Waals surface area contributed by atoms with Gasteiger partial charge >= 0.3 is 0 Å². The molecule has 0 heterocycles. The molecule has 0 bridgehead atoms. The van der Waals surface area contributed by atoms with Gasteiger partial charge in [-0.25, -0.2) is 0 Å². The number of carbonyl (C=O) groups is 1. The van der Waals surface area contributed by atoms with Crippen molar-refractivity contribution in [3.63, 3.8) is 0 Å². The second-order valence-corrected chi connectivity index (χ2v) is 6.76. The van der Waals surface area contributed by atoms with Crippen LogP contribution in [0.25, 0.3) is 0 Å². The smallest absolute Gasteiger partial charge is 0.139 e. The number of carbonyl (C=O) groups excluding carboxylic acids is 1. The van der Waals surface area contributed by atoms with Crippen LogP contribution in [-0.4, -0.2) is 5.78 Å². The van der Waals surface area contributed by atoms with Crippen molar-refractivity contribution in [2.24, 2.45) is 22.2 Å². The van der Waals surface area contributed by atoms with Gasteiger partial charge in [0.05, 0.1) is 0 Å². The lowest BCUT2D eigenvalue weighted by atomic mass is 9.59. The van der Waals surface area contributed by atoms with Crippen LogP contribution >= 0.6 is 0 Å². The molecule has 3 rings (SSSR count). The van der Waals surface area contributed by atoms with Crippen LogP contribution < -0.4 is 0 Å². The second kappa shape index (κ2) is 2.49. The maximum absolute atomic E-state index is 12.3. The third-order valence-corrected chi connectivity index (χ3v) is 6.50. The highest BCUT2D eigenvalue weighted by Crippen LogP contribution is 2.77. The van der Waals surface area contributed by atoms with Crippen molar-refractivity contribution in [2.45, 2.75) is 59.3 Å². The first-order chi connectivity index (χ1) is 6.96. The Morgan fingerprint density at radius 1 is 1.20 bits per heavy atom. The zero-order valence-corrected chi connectivity index (χ0v) is 10.2. The van der Waals surface area contributed by atoms with Crippen molar-refractivity contribution < 1.29 is 4.79 Å². The fourth-order valence-corrected chi connectivity index (χ4v) is 5.48.